The van der Waals surface area contributed by atoms with Crippen LogP contribution in [0, 0.1) is 0 Å². The Bertz CT molecular complexity index is 2150. The van der Waals surface area contributed by atoms with Gasteiger partial charge in [0.2, 0.25) is 0 Å². The van der Waals surface area contributed by atoms with E-state index in [1.165, 1.54) is 16.7 Å². The molecule has 43 heavy (non-hydrogen) atoms. The second kappa shape index (κ2) is 10.6. The third-order valence-electron chi connectivity index (χ3n) is 7.94. The van der Waals surface area contributed by atoms with E-state index in [2.05, 4.69) is 102 Å². The van der Waals surface area contributed by atoms with Gasteiger partial charge in [0.15, 0.2) is 5.84 Å². The van der Waals surface area contributed by atoms with Gasteiger partial charge >= 0.3 is 0 Å². The third kappa shape index (κ3) is 4.79. The minimum absolute atomic E-state index is 0.246. The molecule has 0 fully saturated rings. The van der Waals surface area contributed by atoms with Crippen molar-refractivity contribution < 1.29 is 4.42 Å². The number of furan rings is 1. The van der Waals surface area contributed by atoms with E-state index in [1.807, 2.05) is 54.6 Å². The molecule has 2 heterocycles. The Kier molecular flexibility index (Phi) is 6.16. The van der Waals surface area contributed by atoms with E-state index >= 15 is 0 Å². The molecular weight excluding hydrogens is 526 g/mol. The summed E-state index contributed by atoms with van der Waals surface area (Å²) in [4.78, 5) is 9.91. The van der Waals surface area contributed by atoms with Crippen molar-refractivity contribution in [2.24, 2.45) is 9.98 Å². The number of rotatable bonds is 5. The van der Waals surface area contributed by atoms with Crippen LogP contribution < -0.4 is 5.32 Å². The van der Waals surface area contributed by atoms with Crippen LogP contribution in [0.25, 0.3) is 44.2 Å². The number of aliphatic imine (C=N–C) groups is 2. The summed E-state index contributed by atoms with van der Waals surface area (Å²) in [6.45, 7) is 0. The average Bonchev–Trinajstić information content (AvgIpc) is 3.46. The summed E-state index contributed by atoms with van der Waals surface area (Å²) in [6, 6.07) is 52.3. The van der Waals surface area contributed by atoms with Gasteiger partial charge in [-0.3, -0.25) is 0 Å². The monoisotopic (exact) mass is 553 g/mol. The summed E-state index contributed by atoms with van der Waals surface area (Å²) in [7, 11) is 0. The van der Waals surface area contributed by atoms with E-state index in [9.17, 15) is 0 Å². The molecule has 0 radical (unpaired) electrons. The SMILES string of the molecule is c1ccc(C2=NC(c3ccccc3)NC(c3ccc4c(c3)oc3ccc(-c5cccc(-c6ccccc6)c5)cc34)=N2)cc1. The van der Waals surface area contributed by atoms with E-state index in [1.54, 1.807) is 0 Å². The minimum atomic E-state index is -0.246. The van der Waals surface area contributed by atoms with Crippen molar-refractivity contribution in [1.29, 1.82) is 0 Å². The summed E-state index contributed by atoms with van der Waals surface area (Å²) in [5.74, 6) is 1.47. The molecule has 4 nitrogen and oxygen atoms in total. The van der Waals surface area contributed by atoms with Crippen molar-refractivity contribution in [2.75, 3.05) is 0 Å². The first kappa shape index (κ1) is 25.0. The number of hydrogen-bond acceptors (Lipinski definition) is 4. The summed E-state index contributed by atoms with van der Waals surface area (Å²) in [6.07, 6.45) is -0.246. The van der Waals surface area contributed by atoms with Crippen LogP contribution in [0.2, 0.25) is 0 Å². The molecule has 1 N–H and O–H groups in total. The van der Waals surface area contributed by atoms with Crippen molar-refractivity contribution in [3.8, 4) is 22.3 Å². The number of hydrogen-bond donors (Lipinski definition) is 1. The van der Waals surface area contributed by atoms with E-state index in [0.717, 1.165) is 50.0 Å². The van der Waals surface area contributed by atoms with Crippen molar-refractivity contribution >= 4 is 33.6 Å². The summed E-state index contributed by atoms with van der Waals surface area (Å²) >= 11 is 0. The Balaban J connectivity index is 1.17. The largest absolute Gasteiger partial charge is 0.456 e. The second-order valence-electron chi connectivity index (χ2n) is 10.7. The predicted molar refractivity (Wildman–Crippen MR) is 176 cm³/mol. The summed E-state index contributed by atoms with van der Waals surface area (Å²) in [5.41, 5.74) is 9.45. The Morgan fingerprint density at radius 2 is 1.09 bits per heavy atom. The average molecular weight is 554 g/mol. The van der Waals surface area contributed by atoms with Gasteiger partial charge in [0.05, 0.1) is 0 Å². The predicted octanol–water partition coefficient (Wildman–Crippen LogP) is 9.42. The van der Waals surface area contributed by atoms with E-state index in [0.29, 0.717) is 5.84 Å². The highest BCUT2D eigenvalue weighted by Crippen LogP contribution is 2.34. The van der Waals surface area contributed by atoms with Crippen LogP contribution >= 0.6 is 0 Å². The van der Waals surface area contributed by atoms with Gasteiger partial charge in [-0.05, 0) is 58.1 Å². The second-order valence-corrected chi connectivity index (χ2v) is 10.7. The van der Waals surface area contributed by atoms with Gasteiger partial charge in [0, 0.05) is 21.9 Å². The first-order valence-corrected chi connectivity index (χ1v) is 14.4. The number of amidine groups is 2. The Morgan fingerprint density at radius 1 is 0.465 bits per heavy atom. The fraction of sp³-hybridized carbons (Fsp3) is 0.0256. The van der Waals surface area contributed by atoms with Crippen LogP contribution in [-0.4, -0.2) is 11.7 Å². The molecule has 0 saturated heterocycles. The highest BCUT2D eigenvalue weighted by molar-refractivity contribution is 6.15. The molecule has 7 aromatic rings. The summed E-state index contributed by atoms with van der Waals surface area (Å²) in [5, 5.41) is 5.72. The summed E-state index contributed by atoms with van der Waals surface area (Å²) < 4.78 is 6.38. The lowest BCUT2D eigenvalue weighted by atomic mass is 9.98. The van der Waals surface area contributed by atoms with Gasteiger partial charge in [-0.15, -0.1) is 0 Å². The first-order chi connectivity index (χ1) is 21.3. The van der Waals surface area contributed by atoms with Crippen molar-refractivity contribution in [3.05, 3.63) is 168 Å². The Morgan fingerprint density at radius 3 is 1.86 bits per heavy atom. The van der Waals surface area contributed by atoms with Crippen LogP contribution in [0.15, 0.2) is 166 Å². The van der Waals surface area contributed by atoms with Crippen LogP contribution in [0.3, 0.4) is 0 Å². The van der Waals surface area contributed by atoms with Crippen LogP contribution in [0.4, 0.5) is 0 Å². The number of benzene rings is 6. The molecular formula is C39H27N3O. The molecule has 204 valence electrons. The van der Waals surface area contributed by atoms with Gasteiger partial charge in [-0.2, -0.15) is 0 Å². The highest BCUT2D eigenvalue weighted by atomic mass is 16.3. The lowest BCUT2D eigenvalue weighted by Gasteiger charge is -2.23. The fourth-order valence-corrected chi connectivity index (χ4v) is 5.73. The highest BCUT2D eigenvalue weighted by Gasteiger charge is 2.21. The molecule has 0 aliphatic carbocycles. The Hall–Kier alpha value is -5.74. The van der Waals surface area contributed by atoms with Gasteiger partial charge in [-0.1, -0.05) is 121 Å². The number of fused-ring (bicyclic) bond motifs is 3. The van der Waals surface area contributed by atoms with Crippen LogP contribution in [-0.2, 0) is 0 Å². The maximum absolute atomic E-state index is 6.38. The zero-order valence-electron chi connectivity index (χ0n) is 23.3. The van der Waals surface area contributed by atoms with E-state index < -0.39 is 0 Å². The van der Waals surface area contributed by atoms with Gasteiger partial charge in [-0.25, -0.2) is 9.98 Å². The topological polar surface area (TPSA) is 49.9 Å². The molecule has 0 amide bonds. The van der Waals surface area contributed by atoms with Gasteiger partial charge < -0.3 is 9.73 Å². The lowest BCUT2D eigenvalue weighted by molar-refractivity contribution is 0.666. The molecule has 0 spiro atoms. The molecule has 1 atom stereocenters. The normalized spacial score (nSPS) is 14.7. The fourth-order valence-electron chi connectivity index (χ4n) is 5.73. The van der Waals surface area contributed by atoms with Crippen molar-refractivity contribution in [3.63, 3.8) is 0 Å². The first-order valence-electron chi connectivity index (χ1n) is 14.4. The molecule has 1 aromatic heterocycles. The smallest absolute Gasteiger partial charge is 0.159 e. The zero-order chi connectivity index (χ0) is 28.6. The molecule has 1 aliphatic rings. The standard InChI is InChI=1S/C39H27N3O/c1-4-11-26(12-5-1)29-17-10-18-30(23-29)31-20-22-35-34(24-31)33-21-19-32(25-36(33)43-35)39-41-37(27-13-6-2-7-14-27)40-38(42-39)28-15-8-3-9-16-28/h1-25,37H,(H,40,41,42). The number of nitrogens with zero attached hydrogens (tertiary/aromatic N) is 2. The Labute approximate surface area is 249 Å². The quantitative estimate of drug-likeness (QED) is 0.231. The minimum Gasteiger partial charge on any atom is -0.456 e. The molecule has 0 saturated carbocycles. The molecule has 1 unspecified atom stereocenters. The molecule has 1 aliphatic heterocycles. The zero-order valence-corrected chi connectivity index (χ0v) is 23.3. The third-order valence-corrected chi connectivity index (χ3v) is 7.94. The molecule has 4 heteroatoms. The van der Waals surface area contributed by atoms with Crippen molar-refractivity contribution in [2.45, 2.75) is 6.17 Å². The maximum atomic E-state index is 6.38. The molecule has 0 bridgehead atoms. The molecule has 6 aromatic carbocycles. The van der Waals surface area contributed by atoms with E-state index in [4.69, 9.17) is 14.4 Å². The van der Waals surface area contributed by atoms with Crippen molar-refractivity contribution in [1.82, 2.24) is 5.32 Å². The number of nitrogens with one attached hydrogen (secondary N) is 1. The van der Waals surface area contributed by atoms with Gasteiger partial charge in [0.25, 0.3) is 0 Å². The molecule has 8 rings (SSSR count). The van der Waals surface area contributed by atoms with Gasteiger partial charge in [0.1, 0.15) is 23.2 Å². The van der Waals surface area contributed by atoms with Crippen LogP contribution in [0.5, 0.6) is 0 Å². The van der Waals surface area contributed by atoms with E-state index in [-0.39, 0.29) is 6.17 Å². The lowest BCUT2D eigenvalue weighted by Crippen LogP contribution is -2.33. The van der Waals surface area contributed by atoms with Crippen LogP contribution in [0.1, 0.15) is 22.9 Å². The maximum Gasteiger partial charge on any atom is 0.159 e.